The van der Waals surface area contributed by atoms with Gasteiger partial charge in [0.2, 0.25) is 0 Å². The van der Waals surface area contributed by atoms with E-state index in [1.165, 1.54) is 7.11 Å². The summed E-state index contributed by atoms with van der Waals surface area (Å²) in [6.07, 6.45) is -1.32. The predicted octanol–water partition coefficient (Wildman–Crippen LogP) is 1.90. The molecule has 0 unspecified atom stereocenters. The fourth-order valence-corrected chi connectivity index (χ4v) is 2.27. The number of hydrogen-bond acceptors (Lipinski definition) is 4. The van der Waals surface area contributed by atoms with Crippen molar-refractivity contribution in [1.82, 2.24) is 15.1 Å². The molecule has 0 aliphatic rings. The van der Waals surface area contributed by atoms with Crippen molar-refractivity contribution >= 4 is 11.6 Å². The van der Waals surface area contributed by atoms with E-state index in [0.29, 0.717) is 17.0 Å². The van der Waals surface area contributed by atoms with Gasteiger partial charge in [0.25, 0.3) is 0 Å². The van der Waals surface area contributed by atoms with Crippen LogP contribution in [0.2, 0.25) is 0 Å². The van der Waals surface area contributed by atoms with Gasteiger partial charge in [-0.3, -0.25) is 9.48 Å². The van der Waals surface area contributed by atoms with Crippen molar-refractivity contribution in [3.63, 3.8) is 0 Å². The normalized spacial score (nSPS) is 11.4. The quantitative estimate of drug-likeness (QED) is 0.813. The summed E-state index contributed by atoms with van der Waals surface area (Å²) in [5.41, 5.74) is 8.42. The first kappa shape index (κ1) is 17.6. The maximum atomic E-state index is 12.2. The van der Waals surface area contributed by atoms with Gasteiger partial charge in [-0.15, -0.1) is 0 Å². The summed E-state index contributed by atoms with van der Waals surface area (Å²) >= 11 is 0. The highest BCUT2D eigenvalue weighted by molar-refractivity contribution is 5.81. The van der Waals surface area contributed by atoms with Gasteiger partial charge < -0.3 is 15.8 Å². The monoisotopic (exact) mass is 342 g/mol. The summed E-state index contributed by atoms with van der Waals surface area (Å²) in [7, 11) is 3.23. The van der Waals surface area contributed by atoms with E-state index >= 15 is 0 Å². The second kappa shape index (κ2) is 6.81. The topological polar surface area (TPSA) is 82.2 Å². The first-order valence-corrected chi connectivity index (χ1v) is 7.02. The van der Waals surface area contributed by atoms with E-state index in [4.69, 9.17) is 10.5 Å². The van der Waals surface area contributed by atoms with Crippen LogP contribution in [0.1, 0.15) is 5.56 Å². The number of anilines is 1. The van der Waals surface area contributed by atoms with Crippen molar-refractivity contribution in [2.45, 2.75) is 12.6 Å². The highest BCUT2D eigenvalue weighted by atomic mass is 19.4. The fraction of sp³-hybridized carbons (Fsp3) is 0.333. The number of aryl methyl sites for hydroxylation is 1. The zero-order valence-electron chi connectivity index (χ0n) is 13.1. The molecule has 130 valence electrons. The number of carbonyl (C=O) groups excluding carboxylic acids is 1. The summed E-state index contributed by atoms with van der Waals surface area (Å²) < 4.78 is 43.5. The fourth-order valence-electron chi connectivity index (χ4n) is 2.27. The molecule has 24 heavy (non-hydrogen) atoms. The van der Waals surface area contributed by atoms with Crippen molar-refractivity contribution < 1.29 is 22.7 Å². The molecule has 0 spiro atoms. The molecule has 2 aromatic rings. The van der Waals surface area contributed by atoms with E-state index in [-0.39, 0.29) is 13.0 Å². The molecule has 0 atom stereocenters. The van der Waals surface area contributed by atoms with Crippen molar-refractivity contribution in [3.05, 3.63) is 30.1 Å². The highest BCUT2D eigenvalue weighted by Gasteiger charge is 2.38. The molecule has 2 rings (SSSR count). The van der Waals surface area contributed by atoms with Gasteiger partial charge in [0, 0.05) is 25.4 Å². The summed E-state index contributed by atoms with van der Waals surface area (Å²) in [4.78, 5) is 10.9. The number of halogens is 3. The Labute approximate surface area is 136 Å². The van der Waals surface area contributed by atoms with E-state index in [1.54, 1.807) is 36.3 Å². The number of carbonyl (C=O) groups is 1. The summed E-state index contributed by atoms with van der Waals surface area (Å²) in [5, 5.41) is 5.93. The van der Waals surface area contributed by atoms with Gasteiger partial charge in [-0.1, -0.05) is 0 Å². The molecule has 0 saturated heterocycles. The van der Waals surface area contributed by atoms with Crippen LogP contribution in [0.15, 0.2) is 24.5 Å². The Morgan fingerprint density at radius 3 is 2.67 bits per heavy atom. The minimum atomic E-state index is -4.90. The van der Waals surface area contributed by atoms with Gasteiger partial charge in [0.15, 0.2) is 0 Å². The predicted molar refractivity (Wildman–Crippen MR) is 82.4 cm³/mol. The third kappa shape index (κ3) is 3.98. The third-order valence-corrected chi connectivity index (χ3v) is 3.41. The standard InChI is InChI=1S/C15H17F3N4O2/c1-22-8-10(7-21-22)11-6-13(24-2)12(19)5-9(11)3-4-20-14(23)15(16,17)18/h5-8H,3-4,19H2,1-2H3,(H,20,23). The number of aromatic nitrogens is 2. The number of benzene rings is 1. The van der Waals surface area contributed by atoms with Crippen LogP contribution >= 0.6 is 0 Å². The Morgan fingerprint density at radius 2 is 2.12 bits per heavy atom. The summed E-state index contributed by atoms with van der Waals surface area (Å²) in [6.45, 7) is -0.169. The van der Waals surface area contributed by atoms with Gasteiger partial charge >= 0.3 is 12.1 Å². The van der Waals surface area contributed by atoms with Gasteiger partial charge in [-0.2, -0.15) is 18.3 Å². The molecule has 1 amide bonds. The third-order valence-electron chi connectivity index (χ3n) is 3.41. The van der Waals surface area contributed by atoms with Gasteiger partial charge in [0.1, 0.15) is 5.75 Å². The lowest BCUT2D eigenvalue weighted by Gasteiger charge is -2.14. The molecule has 0 fully saturated rings. The number of nitrogens with one attached hydrogen (secondary N) is 1. The second-order valence-electron chi connectivity index (χ2n) is 5.16. The van der Waals surface area contributed by atoms with E-state index in [1.807, 2.05) is 5.32 Å². The molecule has 6 nitrogen and oxygen atoms in total. The SMILES string of the molecule is COc1cc(-c2cnn(C)c2)c(CCNC(=O)C(F)(F)F)cc1N. The van der Waals surface area contributed by atoms with Crippen LogP contribution in [0.5, 0.6) is 5.75 Å². The first-order valence-electron chi connectivity index (χ1n) is 7.02. The number of hydrogen-bond donors (Lipinski definition) is 2. The molecular formula is C15H17F3N4O2. The average molecular weight is 342 g/mol. The van der Waals surface area contributed by atoms with Gasteiger partial charge in [-0.05, 0) is 29.7 Å². The zero-order chi connectivity index (χ0) is 17.9. The molecular weight excluding hydrogens is 325 g/mol. The Bertz CT molecular complexity index is 741. The lowest BCUT2D eigenvalue weighted by molar-refractivity contribution is -0.173. The van der Waals surface area contributed by atoms with E-state index in [2.05, 4.69) is 5.10 Å². The lowest BCUT2D eigenvalue weighted by Crippen LogP contribution is -2.37. The number of ether oxygens (including phenoxy) is 1. The highest BCUT2D eigenvalue weighted by Crippen LogP contribution is 2.32. The molecule has 1 aromatic heterocycles. The zero-order valence-corrected chi connectivity index (χ0v) is 13.1. The number of rotatable bonds is 5. The number of nitrogen functional groups attached to an aromatic ring is 1. The molecule has 0 saturated carbocycles. The van der Waals surface area contributed by atoms with E-state index in [0.717, 1.165) is 11.1 Å². The Balaban J connectivity index is 2.25. The number of nitrogens with two attached hydrogens (primary N) is 1. The smallest absolute Gasteiger partial charge is 0.471 e. The van der Waals surface area contributed by atoms with Crippen LogP contribution in [0.3, 0.4) is 0 Å². The minimum absolute atomic E-state index is 0.169. The van der Waals surface area contributed by atoms with Crippen LogP contribution in [-0.4, -0.2) is 35.5 Å². The molecule has 1 aromatic carbocycles. The molecule has 0 radical (unpaired) electrons. The number of amides is 1. The van der Waals surface area contributed by atoms with Crippen molar-refractivity contribution in [1.29, 1.82) is 0 Å². The molecule has 0 aliphatic carbocycles. The molecule has 0 bridgehead atoms. The Morgan fingerprint density at radius 1 is 1.42 bits per heavy atom. The van der Waals surface area contributed by atoms with Crippen molar-refractivity contribution in [2.24, 2.45) is 7.05 Å². The minimum Gasteiger partial charge on any atom is -0.495 e. The van der Waals surface area contributed by atoms with Gasteiger partial charge in [-0.25, -0.2) is 0 Å². The first-order chi connectivity index (χ1) is 11.2. The maximum absolute atomic E-state index is 12.2. The van der Waals surface area contributed by atoms with Crippen molar-refractivity contribution in [2.75, 3.05) is 19.4 Å². The van der Waals surface area contributed by atoms with Crippen molar-refractivity contribution in [3.8, 4) is 16.9 Å². The van der Waals surface area contributed by atoms with E-state index in [9.17, 15) is 18.0 Å². The molecule has 9 heteroatoms. The maximum Gasteiger partial charge on any atom is 0.471 e. The summed E-state index contributed by atoms with van der Waals surface area (Å²) in [5.74, 6) is -1.51. The van der Waals surface area contributed by atoms with Gasteiger partial charge in [0.05, 0.1) is 19.0 Å². The number of nitrogens with zero attached hydrogens (tertiary/aromatic N) is 2. The van der Waals surface area contributed by atoms with Crippen LogP contribution in [-0.2, 0) is 18.3 Å². The molecule has 1 heterocycles. The number of alkyl halides is 3. The van der Waals surface area contributed by atoms with Crippen LogP contribution in [0.4, 0.5) is 18.9 Å². The van der Waals surface area contributed by atoms with E-state index < -0.39 is 12.1 Å². The molecule has 0 aliphatic heterocycles. The lowest BCUT2D eigenvalue weighted by atomic mass is 9.98. The molecule has 3 N–H and O–H groups in total. The second-order valence-corrected chi connectivity index (χ2v) is 5.16. The van der Waals surface area contributed by atoms with Crippen LogP contribution in [0.25, 0.3) is 11.1 Å². The number of methoxy groups -OCH3 is 1. The van der Waals surface area contributed by atoms with Crippen LogP contribution < -0.4 is 15.8 Å². The summed E-state index contributed by atoms with van der Waals surface area (Å²) in [6, 6.07) is 3.33. The van der Waals surface area contributed by atoms with Crippen LogP contribution in [0, 0.1) is 0 Å². The average Bonchev–Trinajstić information content (AvgIpc) is 2.92. The largest absolute Gasteiger partial charge is 0.495 e. The Kier molecular flexibility index (Phi) is 5.01. The Hall–Kier alpha value is -2.71.